The SMILES string of the molecule is COc1ccc(OCCS(=O)(=O)Nc2nc3ccccc3s2)cc1. The molecule has 0 saturated carbocycles. The summed E-state index contributed by atoms with van der Waals surface area (Å²) in [6.07, 6.45) is 0. The number of benzene rings is 2. The number of hydrogen-bond donors (Lipinski definition) is 1. The average Bonchev–Trinajstić information content (AvgIpc) is 2.96. The van der Waals surface area contributed by atoms with Crippen LogP contribution < -0.4 is 14.2 Å². The largest absolute Gasteiger partial charge is 0.497 e. The summed E-state index contributed by atoms with van der Waals surface area (Å²) in [4.78, 5) is 4.26. The Morgan fingerprint density at radius 1 is 1.08 bits per heavy atom. The van der Waals surface area contributed by atoms with Crippen LogP contribution in [0.25, 0.3) is 10.2 Å². The molecule has 0 bridgehead atoms. The molecule has 0 atom stereocenters. The Hall–Kier alpha value is -2.32. The number of para-hydroxylation sites is 1. The van der Waals surface area contributed by atoms with Crippen molar-refractivity contribution in [2.45, 2.75) is 0 Å². The number of fused-ring (bicyclic) bond motifs is 1. The van der Waals surface area contributed by atoms with E-state index in [9.17, 15) is 8.42 Å². The van der Waals surface area contributed by atoms with Crippen molar-refractivity contribution in [3.8, 4) is 11.5 Å². The standard InChI is InChI=1S/C16H16N2O4S2/c1-21-12-6-8-13(9-7-12)22-10-11-24(19,20)18-16-17-14-4-2-3-5-15(14)23-16/h2-9H,10-11H2,1H3,(H,17,18). The van der Waals surface area contributed by atoms with Crippen LogP contribution >= 0.6 is 11.3 Å². The molecule has 126 valence electrons. The van der Waals surface area contributed by atoms with Crippen molar-refractivity contribution >= 4 is 36.7 Å². The number of thiazole rings is 1. The lowest BCUT2D eigenvalue weighted by atomic mass is 10.3. The van der Waals surface area contributed by atoms with Crippen LogP contribution in [-0.4, -0.2) is 32.9 Å². The normalized spacial score (nSPS) is 11.4. The van der Waals surface area contributed by atoms with Gasteiger partial charge in [0, 0.05) is 0 Å². The van der Waals surface area contributed by atoms with Gasteiger partial charge in [0.1, 0.15) is 23.9 Å². The molecule has 24 heavy (non-hydrogen) atoms. The second-order valence-corrected chi connectivity index (χ2v) is 7.80. The molecule has 0 spiro atoms. The third-order valence-corrected chi connectivity index (χ3v) is 5.51. The summed E-state index contributed by atoms with van der Waals surface area (Å²) in [5, 5.41) is 0.362. The molecule has 6 nitrogen and oxygen atoms in total. The van der Waals surface area contributed by atoms with Crippen LogP contribution in [0.5, 0.6) is 11.5 Å². The summed E-state index contributed by atoms with van der Waals surface area (Å²) in [6, 6.07) is 14.5. The number of ether oxygens (including phenoxy) is 2. The minimum Gasteiger partial charge on any atom is -0.497 e. The quantitative estimate of drug-likeness (QED) is 0.697. The molecule has 0 saturated heterocycles. The number of hydrogen-bond acceptors (Lipinski definition) is 6. The van der Waals surface area contributed by atoms with Crippen LogP contribution in [0.15, 0.2) is 48.5 Å². The van der Waals surface area contributed by atoms with Crippen molar-refractivity contribution in [2.75, 3.05) is 24.2 Å². The van der Waals surface area contributed by atoms with Crippen LogP contribution in [0.3, 0.4) is 0 Å². The van der Waals surface area contributed by atoms with Crippen molar-refractivity contribution in [2.24, 2.45) is 0 Å². The number of anilines is 1. The first-order valence-corrected chi connectivity index (χ1v) is 9.65. The number of aromatic nitrogens is 1. The number of sulfonamides is 1. The van der Waals surface area contributed by atoms with Gasteiger partial charge in [0.2, 0.25) is 10.0 Å². The second-order valence-electron chi connectivity index (χ2n) is 4.93. The molecule has 1 aromatic heterocycles. The van der Waals surface area contributed by atoms with E-state index in [1.165, 1.54) is 11.3 Å². The lowest BCUT2D eigenvalue weighted by Gasteiger charge is -2.08. The Morgan fingerprint density at radius 2 is 1.79 bits per heavy atom. The fourth-order valence-corrected chi connectivity index (χ4v) is 4.02. The minimum atomic E-state index is -3.52. The summed E-state index contributed by atoms with van der Waals surface area (Å²) in [5.74, 6) is 1.15. The summed E-state index contributed by atoms with van der Waals surface area (Å²) >= 11 is 1.30. The van der Waals surface area contributed by atoms with E-state index in [0.29, 0.717) is 16.6 Å². The van der Waals surface area contributed by atoms with Gasteiger partial charge in [-0.1, -0.05) is 23.5 Å². The monoisotopic (exact) mass is 364 g/mol. The zero-order chi connectivity index (χ0) is 17.0. The van der Waals surface area contributed by atoms with Crippen LogP contribution in [-0.2, 0) is 10.0 Å². The maximum Gasteiger partial charge on any atom is 0.237 e. The van der Waals surface area contributed by atoms with E-state index in [-0.39, 0.29) is 12.4 Å². The second kappa shape index (κ2) is 7.06. The highest BCUT2D eigenvalue weighted by atomic mass is 32.2. The summed E-state index contributed by atoms with van der Waals surface area (Å²) in [6.45, 7) is 0.0482. The predicted molar refractivity (Wildman–Crippen MR) is 95.5 cm³/mol. The summed E-state index contributed by atoms with van der Waals surface area (Å²) in [5.41, 5.74) is 0.773. The van der Waals surface area contributed by atoms with E-state index in [0.717, 1.165) is 10.2 Å². The van der Waals surface area contributed by atoms with E-state index in [2.05, 4.69) is 9.71 Å². The average molecular weight is 364 g/mol. The third-order valence-electron chi connectivity index (χ3n) is 3.22. The van der Waals surface area contributed by atoms with E-state index < -0.39 is 10.0 Å². The molecular formula is C16H16N2O4S2. The van der Waals surface area contributed by atoms with E-state index in [1.807, 2.05) is 24.3 Å². The first-order valence-electron chi connectivity index (χ1n) is 7.19. The predicted octanol–water partition coefficient (Wildman–Crippen LogP) is 3.13. The Balaban J connectivity index is 1.57. The highest BCUT2D eigenvalue weighted by Gasteiger charge is 2.14. The fraction of sp³-hybridized carbons (Fsp3) is 0.188. The first-order chi connectivity index (χ1) is 11.6. The number of nitrogens with one attached hydrogen (secondary N) is 1. The van der Waals surface area contributed by atoms with E-state index >= 15 is 0 Å². The zero-order valence-electron chi connectivity index (χ0n) is 12.9. The molecular weight excluding hydrogens is 348 g/mol. The molecule has 0 aliphatic heterocycles. The number of nitrogens with zero attached hydrogens (tertiary/aromatic N) is 1. The molecule has 0 fully saturated rings. The van der Waals surface area contributed by atoms with Gasteiger partial charge < -0.3 is 9.47 Å². The summed E-state index contributed by atoms with van der Waals surface area (Å²) in [7, 11) is -1.94. The van der Waals surface area contributed by atoms with Crippen molar-refractivity contribution in [1.29, 1.82) is 0 Å². The molecule has 8 heteroatoms. The smallest absolute Gasteiger partial charge is 0.237 e. The number of methoxy groups -OCH3 is 1. The maximum atomic E-state index is 12.1. The van der Waals surface area contributed by atoms with Crippen molar-refractivity contribution in [3.05, 3.63) is 48.5 Å². The number of rotatable bonds is 7. The van der Waals surface area contributed by atoms with Crippen molar-refractivity contribution < 1.29 is 17.9 Å². The van der Waals surface area contributed by atoms with Crippen LogP contribution in [0, 0.1) is 0 Å². The first kappa shape index (κ1) is 16.5. The zero-order valence-corrected chi connectivity index (χ0v) is 14.6. The molecule has 0 amide bonds. The topological polar surface area (TPSA) is 77.5 Å². The molecule has 1 heterocycles. The lowest BCUT2D eigenvalue weighted by Crippen LogP contribution is -2.21. The minimum absolute atomic E-state index is 0.0482. The van der Waals surface area contributed by atoms with Crippen LogP contribution in [0.1, 0.15) is 0 Å². The summed E-state index contributed by atoms with van der Waals surface area (Å²) < 4.78 is 38.2. The van der Waals surface area contributed by atoms with Gasteiger partial charge in [0.25, 0.3) is 0 Å². The molecule has 0 aliphatic rings. The van der Waals surface area contributed by atoms with Gasteiger partial charge in [-0.3, -0.25) is 4.72 Å². The highest BCUT2D eigenvalue weighted by Crippen LogP contribution is 2.26. The fourth-order valence-electron chi connectivity index (χ4n) is 2.04. The molecule has 0 aliphatic carbocycles. The maximum absolute atomic E-state index is 12.1. The molecule has 0 radical (unpaired) electrons. The van der Waals surface area contributed by atoms with Crippen molar-refractivity contribution in [1.82, 2.24) is 4.98 Å². The van der Waals surface area contributed by atoms with Gasteiger partial charge in [0.15, 0.2) is 5.13 Å². The van der Waals surface area contributed by atoms with Gasteiger partial charge >= 0.3 is 0 Å². The Bertz CT molecular complexity index is 888. The van der Waals surface area contributed by atoms with Gasteiger partial charge in [-0.05, 0) is 36.4 Å². The van der Waals surface area contributed by atoms with Crippen LogP contribution in [0.2, 0.25) is 0 Å². The molecule has 1 N–H and O–H groups in total. The molecule has 0 unspecified atom stereocenters. The van der Waals surface area contributed by atoms with Gasteiger partial charge in [0.05, 0.1) is 17.3 Å². The Morgan fingerprint density at radius 3 is 2.50 bits per heavy atom. The molecule has 3 rings (SSSR count). The molecule has 3 aromatic rings. The van der Waals surface area contributed by atoms with Gasteiger partial charge in [-0.25, -0.2) is 13.4 Å². The highest BCUT2D eigenvalue weighted by molar-refractivity contribution is 7.92. The van der Waals surface area contributed by atoms with Crippen LogP contribution in [0.4, 0.5) is 5.13 Å². The molecule has 2 aromatic carbocycles. The Kier molecular flexibility index (Phi) is 4.86. The van der Waals surface area contributed by atoms with Gasteiger partial charge in [-0.15, -0.1) is 0 Å². The van der Waals surface area contributed by atoms with E-state index in [1.54, 1.807) is 31.4 Å². The lowest BCUT2D eigenvalue weighted by molar-refractivity contribution is 0.340. The van der Waals surface area contributed by atoms with E-state index in [4.69, 9.17) is 9.47 Å². The van der Waals surface area contributed by atoms with Crippen molar-refractivity contribution in [3.63, 3.8) is 0 Å². The third kappa shape index (κ3) is 4.15. The van der Waals surface area contributed by atoms with Gasteiger partial charge in [-0.2, -0.15) is 0 Å². The Labute approximate surface area is 144 Å².